The Kier molecular flexibility index (Phi) is 3.71. The summed E-state index contributed by atoms with van der Waals surface area (Å²) in [4.78, 5) is 11.9. The first-order chi connectivity index (χ1) is 10.4. The molecule has 0 saturated carbocycles. The van der Waals surface area contributed by atoms with Crippen LogP contribution in [0.15, 0.2) is 22.5 Å². The van der Waals surface area contributed by atoms with E-state index < -0.39 is 21.5 Å². The number of carbonyl (C=O) groups is 1. The van der Waals surface area contributed by atoms with Gasteiger partial charge in [-0.1, -0.05) is 11.3 Å². The number of hydrogen-bond donors (Lipinski definition) is 1. The van der Waals surface area contributed by atoms with Crippen molar-refractivity contribution in [2.24, 2.45) is 0 Å². The van der Waals surface area contributed by atoms with Crippen LogP contribution in [0.1, 0.15) is 5.01 Å². The number of aromatic nitrogens is 2. The molecule has 0 radical (unpaired) electrons. The average molecular weight is 341 g/mol. The SMILES string of the molecule is Cc1nnc(S(=O)(=O)CC(=O)Nc2ccc3c(c2)OCO3)s1. The smallest absolute Gasteiger partial charge is 0.240 e. The van der Waals surface area contributed by atoms with Crippen molar-refractivity contribution in [1.29, 1.82) is 0 Å². The van der Waals surface area contributed by atoms with E-state index in [4.69, 9.17) is 9.47 Å². The van der Waals surface area contributed by atoms with Gasteiger partial charge in [0, 0.05) is 11.8 Å². The molecular weight excluding hydrogens is 330 g/mol. The van der Waals surface area contributed by atoms with Crippen LogP contribution >= 0.6 is 11.3 Å². The highest BCUT2D eigenvalue weighted by molar-refractivity contribution is 7.94. The first-order valence-electron chi connectivity index (χ1n) is 6.16. The summed E-state index contributed by atoms with van der Waals surface area (Å²) in [6.45, 7) is 1.76. The van der Waals surface area contributed by atoms with Crippen LogP contribution < -0.4 is 14.8 Å². The summed E-state index contributed by atoms with van der Waals surface area (Å²) in [6, 6.07) is 4.82. The fourth-order valence-electron chi connectivity index (χ4n) is 1.81. The molecular formula is C12H11N3O5S2. The fourth-order valence-corrected chi connectivity index (χ4v) is 3.98. The number of amides is 1. The van der Waals surface area contributed by atoms with E-state index in [0.29, 0.717) is 22.2 Å². The lowest BCUT2D eigenvalue weighted by molar-refractivity contribution is -0.113. The zero-order valence-electron chi connectivity index (χ0n) is 11.4. The summed E-state index contributed by atoms with van der Waals surface area (Å²) in [6.07, 6.45) is 0. The summed E-state index contributed by atoms with van der Waals surface area (Å²) in [5.74, 6) is -0.280. The number of nitrogens with zero attached hydrogens (tertiary/aromatic N) is 2. The van der Waals surface area contributed by atoms with Gasteiger partial charge in [0.15, 0.2) is 11.5 Å². The highest BCUT2D eigenvalue weighted by atomic mass is 32.2. The molecule has 10 heteroatoms. The van der Waals surface area contributed by atoms with Gasteiger partial charge in [-0.05, 0) is 19.1 Å². The second-order valence-corrected chi connectivity index (χ2v) is 7.81. The number of fused-ring (bicyclic) bond motifs is 1. The minimum atomic E-state index is -3.79. The molecule has 22 heavy (non-hydrogen) atoms. The Hall–Kier alpha value is -2.20. The Labute approximate surface area is 130 Å². The molecule has 0 unspecified atom stereocenters. The molecule has 2 aromatic rings. The maximum Gasteiger partial charge on any atom is 0.240 e. The summed E-state index contributed by atoms with van der Waals surface area (Å²) in [5.41, 5.74) is 0.429. The van der Waals surface area contributed by atoms with Gasteiger partial charge in [-0.15, -0.1) is 10.2 Å². The number of benzene rings is 1. The molecule has 1 aliphatic heterocycles. The van der Waals surface area contributed by atoms with Crippen LogP contribution in [0.4, 0.5) is 5.69 Å². The van der Waals surface area contributed by atoms with Gasteiger partial charge < -0.3 is 14.8 Å². The lowest BCUT2D eigenvalue weighted by Crippen LogP contribution is -2.23. The number of anilines is 1. The Balaban J connectivity index is 1.70. The molecule has 0 bridgehead atoms. The van der Waals surface area contributed by atoms with Crippen LogP contribution in [0, 0.1) is 6.92 Å². The normalized spacial score (nSPS) is 13.1. The van der Waals surface area contributed by atoms with Crippen molar-refractivity contribution >= 4 is 32.8 Å². The van der Waals surface area contributed by atoms with Crippen molar-refractivity contribution < 1.29 is 22.7 Å². The van der Waals surface area contributed by atoms with Gasteiger partial charge in [0.25, 0.3) is 0 Å². The molecule has 1 N–H and O–H groups in total. The molecule has 0 atom stereocenters. The maximum atomic E-state index is 12.0. The Morgan fingerprint density at radius 2 is 2.09 bits per heavy atom. The lowest BCUT2D eigenvalue weighted by Gasteiger charge is -2.05. The minimum absolute atomic E-state index is 0.123. The number of aryl methyl sites for hydroxylation is 1. The van der Waals surface area contributed by atoms with Crippen molar-refractivity contribution in [3.63, 3.8) is 0 Å². The van der Waals surface area contributed by atoms with Crippen molar-refractivity contribution in [1.82, 2.24) is 10.2 Å². The Bertz CT molecular complexity index is 831. The van der Waals surface area contributed by atoms with Crippen LogP contribution in [0.3, 0.4) is 0 Å². The predicted molar refractivity (Wildman–Crippen MR) is 77.9 cm³/mol. The molecule has 2 heterocycles. The quantitative estimate of drug-likeness (QED) is 0.883. The van der Waals surface area contributed by atoms with Gasteiger partial charge in [-0.25, -0.2) is 8.42 Å². The van der Waals surface area contributed by atoms with Gasteiger partial charge in [0.1, 0.15) is 10.8 Å². The Morgan fingerprint density at radius 1 is 1.32 bits per heavy atom. The number of carbonyl (C=O) groups excluding carboxylic acids is 1. The van der Waals surface area contributed by atoms with Crippen LogP contribution in [0.2, 0.25) is 0 Å². The van der Waals surface area contributed by atoms with E-state index >= 15 is 0 Å². The zero-order valence-corrected chi connectivity index (χ0v) is 13.0. The van der Waals surface area contributed by atoms with Crippen molar-refractivity contribution in [2.45, 2.75) is 11.3 Å². The van der Waals surface area contributed by atoms with E-state index in [9.17, 15) is 13.2 Å². The van der Waals surface area contributed by atoms with Crippen molar-refractivity contribution in [3.8, 4) is 11.5 Å². The van der Waals surface area contributed by atoms with E-state index in [1.165, 1.54) is 0 Å². The molecule has 1 aliphatic rings. The number of hydrogen-bond acceptors (Lipinski definition) is 8. The third-order valence-electron chi connectivity index (χ3n) is 2.75. The molecule has 0 aliphatic carbocycles. The largest absolute Gasteiger partial charge is 0.454 e. The molecule has 3 rings (SSSR count). The monoisotopic (exact) mass is 341 g/mol. The summed E-state index contributed by atoms with van der Waals surface area (Å²) < 4.78 is 34.3. The third kappa shape index (κ3) is 3.02. The highest BCUT2D eigenvalue weighted by Gasteiger charge is 2.24. The molecule has 1 aromatic heterocycles. The lowest BCUT2D eigenvalue weighted by atomic mass is 10.3. The second-order valence-electron chi connectivity index (χ2n) is 4.46. The minimum Gasteiger partial charge on any atom is -0.454 e. The molecule has 0 saturated heterocycles. The molecule has 8 nitrogen and oxygen atoms in total. The average Bonchev–Trinajstić information content (AvgIpc) is 3.06. The zero-order chi connectivity index (χ0) is 15.7. The van der Waals surface area contributed by atoms with Crippen molar-refractivity contribution in [3.05, 3.63) is 23.2 Å². The molecule has 0 fully saturated rings. The van der Waals surface area contributed by atoms with Crippen LogP contribution in [-0.2, 0) is 14.6 Å². The highest BCUT2D eigenvalue weighted by Crippen LogP contribution is 2.34. The molecule has 0 spiro atoms. The number of ether oxygens (including phenoxy) is 2. The van der Waals surface area contributed by atoms with Gasteiger partial charge in [-0.3, -0.25) is 4.79 Å². The Morgan fingerprint density at radius 3 is 2.82 bits per heavy atom. The van der Waals surface area contributed by atoms with E-state index in [1.807, 2.05) is 0 Å². The first kappa shape index (κ1) is 14.7. The predicted octanol–water partition coefficient (Wildman–Crippen LogP) is 0.988. The molecule has 1 aromatic carbocycles. The van der Waals surface area contributed by atoms with Crippen molar-refractivity contribution in [2.75, 3.05) is 17.9 Å². The maximum absolute atomic E-state index is 12.0. The van der Waals surface area contributed by atoms with Gasteiger partial charge >= 0.3 is 0 Å². The van der Waals surface area contributed by atoms with Gasteiger partial charge in [0.05, 0.1) is 0 Å². The summed E-state index contributed by atoms with van der Waals surface area (Å²) in [7, 11) is -3.79. The topological polar surface area (TPSA) is 107 Å². The summed E-state index contributed by atoms with van der Waals surface area (Å²) >= 11 is 0.933. The van der Waals surface area contributed by atoms with E-state index in [1.54, 1.807) is 25.1 Å². The van der Waals surface area contributed by atoms with Gasteiger partial charge in [-0.2, -0.15) is 0 Å². The number of rotatable bonds is 4. The fraction of sp³-hybridized carbons (Fsp3) is 0.250. The molecule has 1 amide bonds. The summed E-state index contributed by atoms with van der Waals surface area (Å²) in [5, 5.41) is 10.2. The van der Waals surface area contributed by atoms with Gasteiger partial charge in [0.2, 0.25) is 26.9 Å². The molecule has 116 valence electrons. The number of nitrogens with one attached hydrogen (secondary N) is 1. The standard InChI is InChI=1S/C12H11N3O5S2/c1-7-14-15-12(21-7)22(17,18)5-11(16)13-8-2-3-9-10(4-8)20-6-19-9/h2-4H,5-6H2,1H3,(H,13,16). The van der Waals surface area contributed by atoms with Crippen LogP contribution in [0.5, 0.6) is 11.5 Å². The van der Waals surface area contributed by atoms with Crippen LogP contribution in [-0.4, -0.2) is 37.1 Å². The van der Waals surface area contributed by atoms with E-state index in [2.05, 4.69) is 15.5 Å². The first-order valence-corrected chi connectivity index (χ1v) is 8.63. The third-order valence-corrected chi connectivity index (χ3v) is 5.65. The van der Waals surface area contributed by atoms with E-state index in [-0.39, 0.29) is 11.1 Å². The van der Waals surface area contributed by atoms with Crippen LogP contribution in [0.25, 0.3) is 0 Å². The number of sulfone groups is 1. The second kappa shape index (κ2) is 5.54. The van der Waals surface area contributed by atoms with E-state index in [0.717, 1.165) is 11.3 Å².